The minimum absolute atomic E-state index is 0.0541. The van der Waals surface area contributed by atoms with Crippen molar-refractivity contribution in [1.29, 1.82) is 0 Å². The molecule has 1 amide bonds. The summed E-state index contributed by atoms with van der Waals surface area (Å²) in [4.78, 5) is 28.3. The fourth-order valence-corrected chi connectivity index (χ4v) is 3.69. The van der Waals surface area contributed by atoms with Gasteiger partial charge in [0.25, 0.3) is 5.91 Å². The Bertz CT molecular complexity index is 679. The predicted octanol–water partition coefficient (Wildman–Crippen LogP) is 3.47. The van der Waals surface area contributed by atoms with Gasteiger partial charge < -0.3 is 10.4 Å². The van der Waals surface area contributed by atoms with E-state index in [2.05, 4.69) is 26.2 Å². The van der Waals surface area contributed by atoms with Crippen LogP contribution >= 0.6 is 38.6 Å². The number of aliphatic carboxylic acids is 1. The molecule has 0 atom stereocenters. The molecule has 0 saturated carbocycles. The topological polar surface area (TPSA) is 79.3 Å². The smallest absolute Gasteiger partial charge is 0.310 e. The van der Waals surface area contributed by atoms with Gasteiger partial charge in [0.1, 0.15) is 10.7 Å². The summed E-state index contributed by atoms with van der Waals surface area (Å²) in [5, 5.41) is 16.0. The van der Waals surface area contributed by atoms with Gasteiger partial charge >= 0.3 is 5.97 Å². The van der Waals surface area contributed by atoms with Crippen LogP contribution in [0.1, 0.15) is 24.3 Å². The van der Waals surface area contributed by atoms with Crippen LogP contribution in [0, 0.1) is 5.41 Å². The molecule has 0 radical (unpaired) electrons. The Morgan fingerprint density at radius 3 is 2.67 bits per heavy atom. The lowest BCUT2D eigenvalue weighted by Gasteiger charge is -2.18. The van der Waals surface area contributed by atoms with Crippen molar-refractivity contribution < 1.29 is 14.7 Å². The SMILES string of the molecule is CC(C)(CNC(=O)c1csc(-c2cc(Br)cs2)n1)C(=O)O. The lowest BCUT2D eigenvalue weighted by atomic mass is 9.94. The Morgan fingerprint density at radius 1 is 1.38 bits per heavy atom. The van der Waals surface area contributed by atoms with Gasteiger partial charge in [-0.2, -0.15) is 0 Å². The van der Waals surface area contributed by atoms with Crippen molar-refractivity contribution in [3.05, 3.63) is 27.0 Å². The summed E-state index contributed by atoms with van der Waals surface area (Å²) >= 11 is 6.30. The van der Waals surface area contributed by atoms with E-state index in [4.69, 9.17) is 5.11 Å². The number of amides is 1. The Labute approximate surface area is 138 Å². The van der Waals surface area contributed by atoms with E-state index in [-0.39, 0.29) is 12.5 Å². The molecule has 5 nitrogen and oxygen atoms in total. The summed E-state index contributed by atoms with van der Waals surface area (Å²) in [7, 11) is 0. The third kappa shape index (κ3) is 3.90. The Balaban J connectivity index is 2.04. The standard InChI is InChI=1S/C13H13BrN2O3S2/c1-13(2,12(18)19)6-15-10(17)8-5-21-11(16-8)9-3-7(14)4-20-9/h3-5H,6H2,1-2H3,(H,15,17)(H,18,19). The minimum atomic E-state index is -1.01. The van der Waals surface area contributed by atoms with Crippen LogP contribution in [0.25, 0.3) is 9.88 Å². The second-order valence-corrected chi connectivity index (χ2v) is 7.72. The maximum Gasteiger partial charge on any atom is 0.310 e. The number of carbonyl (C=O) groups excluding carboxylic acids is 1. The molecule has 0 aromatic carbocycles. The molecule has 0 fully saturated rings. The van der Waals surface area contributed by atoms with E-state index in [1.54, 1.807) is 30.6 Å². The molecule has 2 rings (SSSR count). The zero-order chi connectivity index (χ0) is 15.6. The van der Waals surface area contributed by atoms with E-state index >= 15 is 0 Å². The van der Waals surface area contributed by atoms with E-state index in [1.807, 2.05) is 11.4 Å². The van der Waals surface area contributed by atoms with Crippen molar-refractivity contribution >= 4 is 50.5 Å². The van der Waals surface area contributed by atoms with E-state index in [0.29, 0.717) is 5.69 Å². The predicted molar refractivity (Wildman–Crippen MR) is 86.9 cm³/mol. The summed E-state index contributed by atoms with van der Waals surface area (Å²) in [6.07, 6.45) is 0. The van der Waals surface area contributed by atoms with Gasteiger partial charge in [-0.05, 0) is 35.8 Å². The van der Waals surface area contributed by atoms with Crippen LogP contribution in [0.15, 0.2) is 21.3 Å². The number of rotatable bonds is 5. The number of hydrogen-bond donors (Lipinski definition) is 2. The highest BCUT2D eigenvalue weighted by atomic mass is 79.9. The van der Waals surface area contributed by atoms with Crippen molar-refractivity contribution in [3.63, 3.8) is 0 Å². The molecule has 2 heterocycles. The molecule has 112 valence electrons. The van der Waals surface area contributed by atoms with Crippen LogP contribution in [-0.2, 0) is 4.79 Å². The molecule has 0 saturated heterocycles. The van der Waals surface area contributed by atoms with Crippen LogP contribution in [0.4, 0.5) is 0 Å². The second-order valence-electron chi connectivity index (χ2n) is 5.04. The van der Waals surface area contributed by atoms with Gasteiger partial charge in [0.2, 0.25) is 0 Å². The first kappa shape index (κ1) is 16.1. The number of carbonyl (C=O) groups is 2. The average molecular weight is 389 g/mol. The van der Waals surface area contributed by atoms with Crippen LogP contribution in [-0.4, -0.2) is 28.5 Å². The molecular formula is C13H13BrN2O3S2. The van der Waals surface area contributed by atoms with Gasteiger partial charge in [-0.3, -0.25) is 9.59 Å². The van der Waals surface area contributed by atoms with Crippen molar-refractivity contribution in [2.24, 2.45) is 5.41 Å². The molecule has 8 heteroatoms. The second kappa shape index (κ2) is 6.25. The van der Waals surface area contributed by atoms with Crippen molar-refractivity contribution in [2.45, 2.75) is 13.8 Å². The van der Waals surface area contributed by atoms with Crippen molar-refractivity contribution in [2.75, 3.05) is 6.54 Å². The van der Waals surface area contributed by atoms with Gasteiger partial charge in [-0.15, -0.1) is 22.7 Å². The van der Waals surface area contributed by atoms with Gasteiger partial charge in [0, 0.05) is 21.8 Å². The third-order valence-electron chi connectivity index (χ3n) is 2.78. The minimum Gasteiger partial charge on any atom is -0.481 e. The van der Waals surface area contributed by atoms with E-state index < -0.39 is 11.4 Å². The number of nitrogens with zero attached hydrogens (tertiary/aromatic N) is 1. The fraction of sp³-hybridized carbons (Fsp3) is 0.308. The maximum atomic E-state index is 12.0. The van der Waals surface area contributed by atoms with E-state index in [0.717, 1.165) is 14.4 Å². The van der Waals surface area contributed by atoms with Crippen LogP contribution in [0.5, 0.6) is 0 Å². The third-order valence-corrected chi connectivity index (χ3v) is 5.49. The molecule has 0 aliphatic heterocycles. The Hall–Kier alpha value is -1.25. The highest BCUT2D eigenvalue weighted by Crippen LogP contribution is 2.31. The first-order chi connectivity index (χ1) is 9.79. The molecule has 0 aliphatic rings. The van der Waals surface area contributed by atoms with Gasteiger partial charge in [-0.25, -0.2) is 4.98 Å². The Morgan fingerprint density at radius 2 is 2.10 bits per heavy atom. The highest BCUT2D eigenvalue weighted by molar-refractivity contribution is 9.10. The number of hydrogen-bond acceptors (Lipinski definition) is 5. The summed E-state index contributed by atoms with van der Waals surface area (Å²) in [5.74, 6) is -1.31. The van der Waals surface area contributed by atoms with E-state index in [1.165, 1.54) is 11.3 Å². The number of halogens is 1. The zero-order valence-corrected chi connectivity index (χ0v) is 14.6. The lowest BCUT2D eigenvalue weighted by molar-refractivity contribution is -0.146. The molecule has 0 bridgehead atoms. The quantitative estimate of drug-likeness (QED) is 0.821. The lowest BCUT2D eigenvalue weighted by Crippen LogP contribution is -2.39. The van der Waals surface area contributed by atoms with E-state index in [9.17, 15) is 9.59 Å². The zero-order valence-electron chi connectivity index (χ0n) is 11.3. The molecular weight excluding hydrogens is 376 g/mol. The van der Waals surface area contributed by atoms with Gasteiger partial charge in [0.05, 0.1) is 10.3 Å². The Kier molecular flexibility index (Phi) is 4.80. The number of thiazole rings is 1. The summed E-state index contributed by atoms with van der Waals surface area (Å²) in [5.41, 5.74) is -0.701. The number of carboxylic acid groups (broad SMARTS) is 1. The normalized spacial score (nSPS) is 11.4. The molecule has 0 spiro atoms. The molecule has 2 aromatic rings. The first-order valence-electron chi connectivity index (χ1n) is 6.01. The van der Waals surface area contributed by atoms with Gasteiger partial charge in [-0.1, -0.05) is 0 Å². The number of thiophene rings is 1. The van der Waals surface area contributed by atoms with Crippen molar-refractivity contribution in [3.8, 4) is 9.88 Å². The number of aromatic nitrogens is 1. The van der Waals surface area contributed by atoms with Crippen LogP contribution in [0.3, 0.4) is 0 Å². The monoisotopic (exact) mass is 388 g/mol. The number of carboxylic acids is 1. The van der Waals surface area contributed by atoms with Crippen LogP contribution in [0.2, 0.25) is 0 Å². The maximum absolute atomic E-state index is 12.0. The molecule has 21 heavy (non-hydrogen) atoms. The first-order valence-corrected chi connectivity index (χ1v) is 8.56. The molecule has 2 N–H and O–H groups in total. The summed E-state index contributed by atoms with van der Waals surface area (Å²) in [6, 6.07) is 1.94. The highest BCUT2D eigenvalue weighted by Gasteiger charge is 2.28. The fourth-order valence-electron chi connectivity index (χ4n) is 1.38. The van der Waals surface area contributed by atoms with Crippen molar-refractivity contribution in [1.82, 2.24) is 10.3 Å². The van der Waals surface area contributed by atoms with Gasteiger partial charge in [0.15, 0.2) is 0 Å². The number of nitrogens with one attached hydrogen (secondary N) is 1. The average Bonchev–Trinajstić information content (AvgIpc) is 3.04. The molecule has 0 unspecified atom stereocenters. The molecule has 0 aliphatic carbocycles. The molecule has 2 aromatic heterocycles. The van der Waals surface area contributed by atoms with Crippen LogP contribution < -0.4 is 5.32 Å². The largest absolute Gasteiger partial charge is 0.481 e. The summed E-state index contributed by atoms with van der Waals surface area (Å²) in [6.45, 7) is 3.18. The summed E-state index contributed by atoms with van der Waals surface area (Å²) < 4.78 is 0.979.